The quantitative estimate of drug-likeness (QED) is 0.836. The summed E-state index contributed by atoms with van der Waals surface area (Å²) in [5.74, 6) is 6.21. The van der Waals surface area contributed by atoms with Gasteiger partial charge in [0.2, 0.25) is 0 Å². The van der Waals surface area contributed by atoms with Crippen LogP contribution in [0.15, 0.2) is 18.2 Å². The van der Waals surface area contributed by atoms with E-state index in [1.165, 1.54) is 0 Å². The summed E-state index contributed by atoms with van der Waals surface area (Å²) < 4.78 is 0. The zero-order valence-corrected chi connectivity index (χ0v) is 13.7. The average Bonchev–Trinajstić information content (AvgIpc) is 2.42. The highest BCUT2D eigenvalue weighted by atomic mass is 16.1. The van der Waals surface area contributed by atoms with Crippen molar-refractivity contribution in [3.05, 3.63) is 34.9 Å². The second-order valence-electron chi connectivity index (χ2n) is 6.38. The third-order valence-corrected chi connectivity index (χ3v) is 4.01. The minimum Gasteiger partial charge on any atom is -0.351 e. The van der Waals surface area contributed by atoms with Crippen LogP contribution in [0.1, 0.15) is 49.2 Å². The van der Waals surface area contributed by atoms with E-state index in [1.807, 2.05) is 25.1 Å². The lowest BCUT2D eigenvalue weighted by molar-refractivity contribution is 0.0924. The van der Waals surface area contributed by atoms with Crippen LogP contribution in [0, 0.1) is 30.1 Å². The van der Waals surface area contributed by atoms with Crippen LogP contribution in [0.2, 0.25) is 0 Å². The normalized spacial score (nSPS) is 11.0. The van der Waals surface area contributed by atoms with E-state index in [4.69, 9.17) is 5.73 Å². The number of nitrogens with two attached hydrogens (primary N) is 1. The van der Waals surface area contributed by atoms with Crippen LogP contribution in [0.25, 0.3) is 0 Å². The molecule has 1 amide bonds. The number of hydrogen-bond acceptors (Lipinski definition) is 2. The molecule has 1 aromatic rings. The lowest BCUT2D eigenvalue weighted by Crippen LogP contribution is -2.37. The van der Waals surface area contributed by atoms with Gasteiger partial charge in [0.15, 0.2) is 0 Å². The van der Waals surface area contributed by atoms with Crippen molar-refractivity contribution in [1.82, 2.24) is 5.32 Å². The molecule has 1 rings (SSSR count). The van der Waals surface area contributed by atoms with Gasteiger partial charge in [-0.05, 0) is 36.0 Å². The topological polar surface area (TPSA) is 55.1 Å². The Kier molecular flexibility index (Phi) is 5.99. The van der Waals surface area contributed by atoms with E-state index >= 15 is 0 Å². The van der Waals surface area contributed by atoms with Gasteiger partial charge in [-0.2, -0.15) is 0 Å². The average molecular weight is 286 g/mol. The van der Waals surface area contributed by atoms with Crippen LogP contribution < -0.4 is 11.1 Å². The van der Waals surface area contributed by atoms with Crippen LogP contribution in [0.4, 0.5) is 0 Å². The molecule has 0 radical (unpaired) electrons. The van der Waals surface area contributed by atoms with E-state index in [0.29, 0.717) is 18.0 Å². The fourth-order valence-electron chi connectivity index (χ4n) is 1.71. The highest BCUT2D eigenvalue weighted by molar-refractivity contribution is 5.96. The van der Waals surface area contributed by atoms with Gasteiger partial charge in [-0.15, -0.1) is 0 Å². The molecule has 1 aromatic carbocycles. The molecule has 3 N–H and O–H groups in total. The number of amides is 1. The molecule has 0 aliphatic carbocycles. The highest BCUT2D eigenvalue weighted by Crippen LogP contribution is 2.24. The molecule has 114 valence electrons. The Morgan fingerprint density at radius 1 is 1.38 bits per heavy atom. The summed E-state index contributed by atoms with van der Waals surface area (Å²) in [5.41, 5.74) is 7.90. The summed E-state index contributed by atoms with van der Waals surface area (Å²) in [6.45, 7) is 11.5. The molecule has 0 aromatic heterocycles. The van der Waals surface area contributed by atoms with E-state index in [-0.39, 0.29) is 17.9 Å². The van der Waals surface area contributed by atoms with E-state index in [1.54, 1.807) is 0 Å². The molecule has 0 heterocycles. The number of carbonyl (C=O) groups is 1. The maximum absolute atomic E-state index is 12.4. The van der Waals surface area contributed by atoms with Crippen molar-refractivity contribution < 1.29 is 4.79 Å². The molecular formula is C18H26N2O. The molecule has 0 aliphatic heterocycles. The summed E-state index contributed by atoms with van der Waals surface area (Å²) in [6, 6.07) is 5.68. The van der Waals surface area contributed by atoms with Gasteiger partial charge in [-0.25, -0.2) is 0 Å². The van der Waals surface area contributed by atoms with Gasteiger partial charge >= 0.3 is 0 Å². The molecule has 3 nitrogen and oxygen atoms in total. The minimum absolute atomic E-state index is 0.0590. The summed E-state index contributed by atoms with van der Waals surface area (Å²) in [7, 11) is 0. The number of rotatable bonds is 4. The third kappa shape index (κ3) is 4.91. The van der Waals surface area contributed by atoms with Gasteiger partial charge in [0.25, 0.3) is 5.91 Å². The predicted molar refractivity (Wildman–Crippen MR) is 88.1 cm³/mol. The van der Waals surface area contributed by atoms with E-state index in [0.717, 1.165) is 11.1 Å². The molecule has 0 fully saturated rings. The second kappa shape index (κ2) is 7.28. The van der Waals surface area contributed by atoms with Crippen molar-refractivity contribution in [3.63, 3.8) is 0 Å². The standard InChI is InChI=1S/C18H26N2O/c1-13(2)18(4,5)12-20-17(21)16-9-8-14(3)11-15(16)7-6-10-19/h8-9,11,13H,10,12,19H2,1-5H3,(H,20,21). The van der Waals surface area contributed by atoms with E-state index in [9.17, 15) is 4.79 Å². The maximum Gasteiger partial charge on any atom is 0.252 e. The fraction of sp³-hybridized carbons (Fsp3) is 0.500. The Morgan fingerprint density at radius 3 is 2.62 bits per heavy atom. The van der Waals surface area contributed by atoms with Crippen molar-refractivity contribution in [1.29, 1.82) is 0 Å². The number of aryl methyl sites for hydroxylation is 1. The monoisotopic (exact) mass is 286 g/mol. The Labute approximate surface area is 128 Å². The third-order valence-electron chi connectivity index (χ3n) is 4.01. The zero-order valence-electron chi connectivity index (χ0n) is 13.7. The molecule has 3 heteroatoms. The largest absolute Gasteiger partial charge is 0.351 e. The van der Waals surface area contributed by atoms with Crippen molar-refractivity contribution in [2.24, 2.45) is 17.1 Å². The summed E-state index contributed by atoms with van der Waals surface area (Å²) >= 11 is 0. The van der Waals surface area contributed by atoms with Gasteiger partial charge in [-0.3, -0.25) is 4.79 Å². The predicted octanol–water partition coefficient (Wildman–Crippen LogP) is 2.72. The summed E-state index contributed by atoms with van der Waals surface area (Å²) in [5, 5.41) is 3.02. The van der Waals surface area contributed by atoms with Crippen LogP contribution in [0.5, 0.6) is 0 Å². The number of benzene rings is 1. The van der Waals surface area contributed by atoms with Gasteiger partial charge in [0.1, 0.15) is 0 Å². The molecule has 0 bridgehead atoms. The number of carbonyl (C=O) groups excluding carboxylic acids is 1. The fourth-order valence-corrected chi connectivity index (χ4v) is 1.71. The first kappa shape index (κ1) is 17.3. The SMILES string of the molecule is Cc1ccc(C(=O)NCC(C)(C)C(C)C)c(C#CCN)c1. The van der Waals surface area contributed by atoms with Crippen LogP contribution in [-0.4, -0.2) is 19.0 Å². The van der Waals surface area contributed by atoms with E-state index < -0.39 is 0 Å². The molecule has 0 aliphatic rings. The van der Waals surface area contributed by atoms with Crippen LogP contribution in [-0.2, 0) is 0 Å². The molecule has 0 atom stereocenters. The maximum atomic E-state index is 12.4. The van der Waals surface area contributed by atoms with Crippen LogP contribution >= 0.6 is 0 Å². The van der Waals surface area contributed by atoms with Gasteiger partial charge in [0.05, 0.1) is 12.1 Å². The lowest BCUT2D eigenvalue weighted by atomic mass is 9.81. The van der Waals surface area contributed by atoms with Crippen molar-refractivity contribution in [2.75, 3.05) is 13.1 Å². The number of nitrogens with one attached hydrogen (secondary N) is 1. The zero-order chi connectivity index (χ0) is 16.0. The first-order valence-electron chi connectivity index (χ1n) is 7.35. The Morgan fingerprint density at radius 2 is 2.05 bits per heavy atom. The molecule has 0 saturated carbocycles. The van der Waals surface area contributed by atoms with Crippen molar-refractivity contribution in [3.8, 4) is 11.8 Å². The van der Waals surface area contributed by atoms with Gasteiger partial charge < -0.3 is 11.1 Å². The smallest absolute Gasteiger partial charge is 0.252 e. The Hall–Kier alpha value is -1.79. The molecule has 0 spiro atoms. The van der Waals surface area contributed by atoms with Gasteiger partial charge in [-0.1, -0.05) is 45.6 Å². The lowest BCUT2D eigenvalue weighted by Gasteiger charge is -2.29. The highest BCUT2D eigenvalue weighted by Gasteiger charge is 2.23. The molecular weight excluding hydrogens is 260 g/mol. The van der Waals surface area contributed by atoms with Crippen LogP contribution in [0.3, 0.4) is 0 Å². The number of hydrogen-bond donors (Lipinski definition) is 2. The van der Waals surface area contributed by atoms with Crippen molar-refractivity contribution >= 4 is 5.91 Å². The molecule has 0 unspecified atom stereocenters. The van der Waals surface area contributed by atoms with Crippen molar-refractivity contribution in [2.45, 2.75) is 34.6 Å². The van der Waals surface area contributed by atoms with Gasteiger partial charge in [0, 0.05) is 12.1 Å². The summed E-state index contributed by atoms with van der Waals surface area (Å²) in [6.07, 6.45) is 0. The second-order valence-corrected chi connectivity index (χ2v) is 6.38. The Balaban J connectivity index is 2.93. The minimum atomic E-state index is -0.0787. The first-order valence-corrected chi connectivity index (χ1v) is 7.35. The molecule has 21 heavy (non-hydrogen) atoms. The summed E-state index contributed by atoms with van der Waals surface area (Å²) in [4.78, 5) is 12.4. The van der Waals surface area contributed by atoms with E-state index in [2.05, 4.69) is 44.9 Å². The first-order chi connectivity index (χ1) is 9.77. The molecule has 0 saturated heterocycles. The Bertz CT molecular complexity index is 562.